The van der Waals surface area contributed by atoms with Crippen molar-refractivity contribution in [1.82, 2.24) is 48.5 Å². The average molecular weight is 1130 g/mol. The van der Waals surface area contributed by atoms with Crippen molar-refractivity contribution in [2.45, 2.75) is 21.3 Å². The lowest BCUT2D eigenvalue weighted by Crippen LogP contribution is -2.29. The maximum Gasteiger partial charge on any atom is 0.294 e. The van der Waals surface area contributed by atoms with E-state index in [9.17, 15) is 10.1 Å². The van der Waals surface area contributed by atoms with E-state index in [0.29, 0.717) is 41.2 Å². The van der Waals surface area contributed by atoms with Crippen molar-refractivity contribution in [2.24, 2.45) is 0 Å². The zero-order valence-corrected chi connectivity index (χ0v) is 42.3. The molecule has 0 saturated carbocycles. The third kappa shape index (κ3) is 11.8. The fourth-order valence-corrected chi connectivity index (χ4v) is 8.29. The normalized spacial score (nSPS) is 11.1. The lowest BCUT2D eigenvalue weighted by Gasteiger charge is -2.24. The quantitative estimate of drug-likeness (QED) is 0.0381. The smallest absolute Gasteiger partial charge is 0.294 e. The van der Waals surface area contributed by atoms with E-state index >= 15 is 0 Å². The molecule has 0 fully saturated rings. The summed E-state index contributed by atoms with van der Waals surface area (Å²) >= 11 is 4.54. The number of benzene rings is 2. The van der Waals surface area contributed by atoms with E-state index in [2.05, 4.69) is 125 Å². The first-order valence-electron chi connectivity index (χ1n) is 20.9. The van der Waals surface area contributed by atoms with Crippen LogP contribution < -0.4 is 26.2 Å². The van der Waals surface area contributed by atoms with Gasteiger partial charge in [-0.15, -0.1) is 0 Å². The maximum absolute atomic E-state index is 11.8. The Balaban J connectivity index is 0.000000218. The molecule has 67 heavy (non-hydrogen) atoms. The molecule has 2 aromatic carbocycles. The minimum Gasteiger partial charge on any atom is -0.397 e. The number of nitrogens with two attached hydrogens (primary N) is 1. The van der Waals surface area contributed by atoms with Gasteiger partial charge in [-0.2, -0.15) is 0 Å². The van der Waals surface area contributed by atoms with E-state index < -0.39 is 0 Å². The third-order valence-corrected chi connectivity index (χ3v) is 12.5. The summed E-state index contributed by atoms with van der Waals surface area (Å²) in [6.07, 6.45) is 11.0. The van der Waals surface area contributed by atoms with E-state index in [1.807, 2.05) is 114 Å². The molecule has 6 aromatic heterocycles. The van der Waals surface area contributed by atoms with Crippen LogP contribution >= 0.6 is 45.2 Å². The van der Waals surface area contributed by atoms with Gasteiger partial charge in [-0.3, -0.25) is 18.9 Å². The second-order valence-corrected chi connectivity index (χ2v) is 18.6. The van der Waals surface area contributed by atoms with Gasteiger partial charge in [-0.25, -0.2) is 29.9 Å². The number of nitrogen functional groups attached to an aromatic ring is 1. The van der Waals surface area contributed by atoms with Gasteiger partial charge >= 0.3 is 0 Å². The fraction of sp³-hybridized carbons (Fsp3) is 0.277. The summed E-state index contributed by atoms with van der Waals surface area (Å²) < 4.78 is 6.14. The second-order valence-electron chi connectivity index (χ2n) is 16.3. The van der Waals surface area contributed by atoms with E-state index in [1.54, 1.807) is 24.7 Å². The molecule has 8 rings (SSSR count). The molecular weight excluding hydrogens is 1070 g/mol. The molecule has 0 saturated heterocycles. The van der Waals surface area contributed by atoms with Crippen LogP contribution in [-0.4, -0.2) is 122 Å². The van der Waals surface area contributed by atoms with Gasteiger partial charge in [0.25, 0.3) is 5.69 Å². The zero-order valence-electron chi connectivity index (χ0n) is 38.0. The number of fused-ring (bicyclic) bond motifs is 2. The Morgan fingerprint density at radius 1 is 0.657 bits per heavy atom. The number of aromatic nitrogens is 8. The number of nitro benzene ring substituents is 1. The molecule has 20 heteroatoms. The Morgan fingerprint density at radius 2 is 1.10 bits per heavy atom. The van der Waals surface area contributed by atoms with Crippen LogP contribution in [0.3, 0.4) is 0 Å². The van der Waals surface area contributed by atoms with Crippen LogP contribution in [0, 0.1) is 31.1 Å². The van der Waals surface area contributed by atoms with Crippen LogP contribution in [-0.2, 0) is 0 Å². The van der Waals surface area contributed by atoms with E-state index in [0.717, 1.165) is 77.7 Å². The molecule has 0 unspecified atom stereocenters. The number of hydrogen-bond acceptors (Lipinski definition) is 15. The topological polar surface area (TPSA) is 192 Å². The molecule has 0 atom stereocenters. The first kappa shape index (κ1) is 50.2. The minimum atomic E-state index is -0.358. The van der Waals surface area contributed by atoms with Gasteiger partial charge in [0.1, 0.15) is 5.69 Å². The van der Waals surface area contributed by atoms with E-state index in [1.165, 1.54) is 0 Å². The zero-order chi connectivity index (χ0) is 47.2. The molecule has 18 nitrogen and oxygen atoms in total. The summed E-state index contributed by atoms with van der Waals surface area (Å²) in [7, 11) is 12.0. The molecule has 6 heterocycles. The molecular formula is C47H56I2N16O2. The maximum atomic E-state index is 11.8. The van der Waals surface area contributed by atoms with Crippen LogP contribution in [0.2, 0.25) is 0 Å². The number of aryl methyl sites for hydroxylation is 2. The number of nitrogens with zero attached hydrogens (tertiary/aromatic N) is 13. The molecule has 0 radical (unpaired) electrons. The highest BCUT2D eigenvalue weighted by molar-refractivity contribution is 14.1. The van der Waals surface area contributed by atoms with E-state index in [-0.39, 0.29) is 18.0 Å². The van der Waals surface area contributed by atoms with Crippen molar-refractivity contribution in [1.29, 1.82) is 0 Å². The first-order valence-corrected chi connectivity index (χ1v) is 23.1. The summed E-state index contributed by atoms with van der Waals surface area (Å²) in [6.45, 7) is 7.27. The standard InChI is InChI=1S/C23H25IN8O2.C23H27IN8.CH4/c1-15-12-19(30(4)11-10-29(2)3)20(32(33)34)13-18(15)28-23-25-8-7-17(27-23)21-14-26-22-16(24)6-5-9-31(21)22;1-15-12-20(31(4)11-10-30(2)3)17(25)13-19(15)29-23-26-8-7-18(28-23)21-14-27-22-16(24)6-5-9-32(21)22;/h5-9,12-14H,10-11H2,1-4H3,(H,25,27,28);5-9,12-14H,10-11,25H2,1-4H3,(H,26,28,29);1H4. The van der Waals surface area contributed by atoms with Crippen molar-refractivity contribution < 1.29 is 4.92 Å². The van der Waals surface area contributed by atoms with Gasteiger partial charge in [0.2, 0.25) is 11.9 Å². The number of rotatable bonds is 15. The summed E-state index contributed by atoms with van der Waals surface area (Å²) in [5.41, 5.74) is 17.1. The summed E-state index contributed by atoms with van der Waals surface area (Å²) in [5, 5.41) is 18.3. The second kappa shape index (κ2) is 22.0. The van der Waals surface area contributed by atoms with Gasteiger partial charge in [0, 0.05) is 76.8 Å². The molecule has 0 amide bonds. The molecule has 350 valence electrons. The molecule has 0 bridgehead atoms. The fourth-order valence-electron chi connectivity index (χ4n) is 7.08. The van der Waals surface area contributed by atoms with Gasteiger partial charge in [0.05, 0.1) is 64.3 Å². The average Bonchev–Trinajstić information content (AvgIpc) is 3.93. The Bertz CT molecular complexity index is 3010. The number of anilines is 7. The van der Waals surface area contributed by atoms with Gasteiger partial charge in [-0.05, 0) is 153 Å². The van der Waals surface area contributed by atoms with Crippen molar-refractivity contribution >= 4 is 102 Å². The lowest BCUT2D eigenvalue weighted by molar-refractivity contribution is -0.384. The van der Waals surface area contributed by atoms with Crippen LogP contribution in [0.15, 0.2) is 97.8 Å². The SMILES string of the molecule is C.Cc1cc(N(C)CCN(C)C)c(N)cc1Nc1nccc(-c2cnc3c(I)cccn23)n1.Cc1cc(N(C)CCN(C)C)c([N+](=O)[O-])cc1Nc1nccc(-c2cnc3c(I)cccn23)n1. The summed E-state index contributed by atoms with van der Waals surface area (Å²) in [4.78, 5) is 46.9. The number of imidazole rings is 2. The lowest BCUT2D eigenvalue weighted by atomic mass is 10.1. The van der Waals surface area contributed by atoms with Crippen LogP contribution in [0.4, 0.5) is 46.0 Å². The Kier molecular flexibility index (Phi) is 16.5. The minimum absolute atomic E-state index is 0. The molecule has 0 aliphatic carbocycles. The van der Waals surface area contributed by atoms with Crippen LogP contribution in [0.5, 0.6) is 0 Å². The van der Waals surface area contributed by atoms with Gasteiger partial charge in [0.15, 0.2) is 11.3 Å². The Labute approximate surface area is 418 Å². The van der Waals surface area contributed by atoms with Gasteiger partial charge in [-0.1, -0.05) is 7.43 Å². The summed E-state index contributed by atoms with van der Waals surface area (Å²) in [5.74, 6) is 0.864. The number of likely N-dealkylation sites (N-methyl/N-ethyl adjacent to an activating group) is 4. The molecule has 4 N–H and O–H groups in total. The first-order chi connectivity index (χ1) is 31.6. The Morgan fingerprint density at radius 3 is 1.57 bits per heavy atom. The Hall–Kier alpha value is -6.24. The largest absolute Gasteiger partial charge is 0.397 e. The number of hydrogen-bond donors (Lipinski definition) is 3. The highest BCUT2D eigenvalue weighted by Gasteiger charge is 2.21. The van der Waals surface area contributed by atoms with Crippen LogP contribution in [0.1, 0.15) is 18.6 Å². The molecule has 0 aliphatic rings. The van der Waals surface area contributed by atoms with Gasteiger partial charge < -0.3 is 36.0 Å². The number of pyridine rings is 2. The monoisotopic (exact) mass is 1130 g/mol. The van der Waals surface area contributed by atoms with Crippen molar-refractivity contribution in [2.75, 3.05) is 94.6 Å². The third-order valence-electron chi connectivity index (χ3n) is 10.8. The highest BCUT2D eigenvalue weighted by Crippen LogP contribution is 2.35. The number of halogens is 2. The van der Waals surface area contributed by atoms with Crippen molar-refractivity contribution in [3.8, 4) is 22.8 Å². The number of nitrogens with one attached hydrogen (secondary N) is 2. The predicted octanol–water partition coefficient (Wildman–Crippen LogP) is 9.02. The van der Waals surface area contributed by atoms with Crippen molar-refractivity contribution in [3.63, 3.8) is 0 Å². The molecule has 8 aromatic rings. The number of nitro groups is 1. The predicted molar refractivity (Wildman–Crippen MR) is 288 cm³/mol. The van der Waals surface area contributed by atoms with Crippen molar-refractivity contribution in [3.05, 3.63) is 126 Å². The summed E-state index contributed by atoms with van der Waals surface area (Å²) in [6, 6.07) is 19.1. The highest BCUT2D eigenvalue weighted by atomic mass is 127. The van der Waals surface area contributed by atoms with E-state index in [4.69, 9.17) is 10.7 Å². The molecule has 0 spiro atoms. The van der Waals surface area contributed by atoms with Crippen LogP contribution in [0.25, 0.3) is 34.1 Å². The molecule has 0 aliphatic heterocycles.